The molecule has 118 valence electrons. The van der Waals surface area contributed by atoms with Crippen LogP contribution in [0.3, 0.4) is 0 Å². The van der Waals surface area contributed by atoms with Gasteiger partial charge in [0.05, 0.1) is 11.5 Å². The maximum atomic E-state index is 12.7. The van der Waals surface area contributed by atoms with E-state index >= 15 is 0 Å². The van der Waals surface area contributed by atoms with Crippen molar-refractivity contribution >= 4 is 23.2 Å². The van der Waals surface area contributed by atoms with Crippen molar-refractivity contribution in [3.05, 3.63) is 28.1 Å². The molecular formula is C9H6Cl2F6N4. The van der Waals surface area contributed by atoms with Crippen LogP contribution in [0.15, 0.2) is 17.3 Å². The number of aromatic nitrogens is 2. The fourth-order valence-corrected chi connectivity index (χ4v) is 2.34. The fraction of sp³-hybridized carbons (Fsp3) is 0.444. The molecule has 1 aromatic rings. The zero-order valence-corrected chi connectivity index (χ0v) is 11.3. The Kier molecular flexibility index (Phi) is 3.83. The second kappa shape index (κ2) is 4.96. The lowest BCUT2D eigenvalue weighted by Gasteiger charge is -2.31. The number of rotatable bonds is 2. The number of nitrogens with zero attached hydrogens (tertiary/aromatic N) is 2. The highest BCUT2D eigenvalue weighted by Gasteiger charge is 2.51. The van der Waals surface area contributed by atoms with Gasteiger partial charge in [-0.3, -0.25) is 0 Å². The Morgan fingerprint density at radius 2 is 1.81 bits per heavy atom. The molecular weight excluding hydrogens is 349 g/mol. The number of halogens is 8. The van der Waals surface area contributed by atoms with Gasteiger partial charge in [0, 0.05) is 12.3 Å². The SMILES string of the molecule is FC(F)(F)CC1(n2nc(C(F)(F)F)cc2Cl)NNC=C1Cl. The molecule has 1 atom stereocenters. The first-order chi connectivity index (χ1) is 9.46. The highest BCUT2D eigenvalue weighted by Crippen LogP contribution is 2.41. The van der Waals surface area contributed by atoms with Gasteiger partial charge in [-0.2, -0.15) is 31.4 Å². The Morgan fingerprint density at radius 3 is 2.19 bits per heavy atom. The van der Waals surface area contributed by atoms with Crippen LogP contribution in [0.4, 0.5) is 26.3 Å². The first kappa shape index (κ1) is 16.2. The predicted molar refractivity (Wildman–Crippen MR) is 61.1 cm³/mol. The summed E-state index contributed by atoms with van der Waals surface area (Å²) >= 11 is 11.3. The first-order valence-corrected chi connectivity index (χ1v) is 6.00. The van der Waals surface area contributed by atoms with E-state index in [1.807, 2.05) is 0 Å². The van der Waals surface area contributed by atoms with E-state index in [-0.39, 0.29) is 0 Å². The maximum Gasteiger partial charge on any atom is 0.435 e. The fourth-order valence-electron chi connectivity index (χ4n) is 1.81. The van der Waals surface area contributed by atoms with Gasteiger partial charge in [0.25, 0.3) is 0 Å². The number of hydrazine groups is 1. The molecule has 4 nitrogen and oxygen atoms in total. The molecule has 0 bridgehead atoms. The molecule has 0 aliphatic carbocycles. The Hall–Kier alpha value is -1.13. The number of nitrogens with one attached hydrogen (secondary N) is 2. The molecule has 0 spiro atoms. The molecule has 2 N–H and O–H groups in total. The van der Waals surface area contributed by atoms with Crippen LogP contribution in [0.25, 0.3) is 0 Å². The Morgan fingerprint density at radius 1 is 1.19 bits per heavy atom. The van der Waals surface area contributed by atoms with Crippen LogP contribution in [-0.4, -0.2) is 16.0 Å². The number of hydrogen-bond acceptors (Lipinski definition) is 3. The normalized spacial score (nSPS) is 23.1. The summed E-state index contributed by atoms with van der Waals surface area (Å²) in [6.45, 7) is 0. The van der Waals surface area contributed by atoms with Gasteiger partial charge >= 0.3 is 12.4 Å². The summed E-state index contributed by atoms with van der Waals surface area (Å²) in [5, 5.41) is 2.03. The minimum atomic E-state index is -4.85. The number of hydrogen-bond donors (Lipinski definition) is 2. The minimum Gasteiger partial charge on any atom is -0.325 e. The largest absolute Gasteiger partial charge is 0.435 e. The van der Waals surface area contributed by atoms with Gasteiger partial charge in [-0.05, 0) is 0 Å². The van der Waals surface area contributed by atoms with Gasteiger partial charge in [0.15, 0.2) is 11.4 Å². The molecule has 1 aliphatic heterocycles. The van der Waals surface area contributed by atoms with Crippen molar-refractivity contribution in [2.75, 3.05) is 0 Å². The second-order valence-corrected chi connectivity index (χ2v) is 4.97. The molecule has 0 fully saturated rings. The van der Waals surface area contributed by atoms with E-state index in [1.54, 1.807) is 0 Å². The van der Waals surface area contributed by atoms with Crippen molar-refractivity contribution in [1.29, 1.82) is 0 Å². The molecule has 21 heavy (non-hydrogen) atoms. The van der Waals surface area contributed by atoms with Crippen LogP contribution in [0, 0.1) is 0 Å². The molecule has 1 aliphatic rings. The summed E-state index contributed by atoms with van der Waals surface area (Å²) in [4.78, 5) is 0. The van der Waals surface area contributed by atoms with E-state index in [0.717, 1.165) is 6.20 Å². The third-order valence-corrected chi connectivity index (χ3v) is 3.34. The molecule has 12 heteroatoms. The highest BCUT2D eigenvalue weighted by atomic mass is 35.5. The summed E-state index contributed by atoms with van der Waals surface area (Å²) in [6.07, 6.45) is -10.2. The van der Waals surface area contributed by atoms with Crippen molar-refractivity contribution in [1.82, 2.24) is 20.6 Å². The molecule has 0 radical (unpaired) electrons. The third kappa shape index (κ3) is 3.06. The predicted octanol–water partition coefficient (Wildman–Crippen LogP) is 3.35. The summed E-state index contributed by atoms with van der Waals surface area (Å²) < 4.78 is 76.3. The molecule has 2 heterocycles. The van der Waals surface area contributed by atoms with E-state index in [1.165, 1.54) is 0 Å². The number of alkyl halides is 6. The van der Waals surface area contributed by atoms with Crippen LogP contribution >= 0.6 is 23.2 Å². The zero-order valence-electron chi connectivity index (χ0n) is 9.78. The molecule has 1 aromatic heterocycles. The van der Waals surface area contributed by atoms with Gasteiger partial charge < -0.3 is 5.43 Å². The third-order valence-electron chi connectivity index (χ3n) is 2.65. The standard InChI is InChI=1S/C9H6Cl2F6N4/c10-4-2-18-20-7(4,3-8(12,13)14)21-6(11)1-5(19-21)9(15,16)17/h1-2,18,20H,3H2. The summed E-state index contributed by atoms with van der Waals surface area (Å²) in [5.41, 5.74) is 0.666. The Balaban J connectivity index is 2.54. The average molecular weight is 355 g/mol. The van der Waals surface area contributed by atoms with E-state index in [9.17, 15) is 26.3 Å². The monoisotopic (exact) mass is 354 g/mol. The van der Waals surface area contributed by atoms with Gasteiger partial charge in [-0.1, -0.05) is 23.2 Å². The van der Waals surface area contributed by atoms with Crippen LogP contribution < -0.4 is 10.9 Å². The Bertz CT molecular complexity index is 578. The van der Waals surface area contributed by atoms with Crippen LogP contribution in [0.2, 0.25) is 5.15 Å². The lowest BCUT2D eigenvalue weighted by molar-refractivity contribution is -0.156. The lowest BCUT2D eigenvalue weighted by Crippen LogP contribution is -2.51. The molecule has 0 amide bonds. The smallest absolute Gasteiger partial charge is 0.325 e. The van der Waals surface area contributed by atoms with Gasteiger partial charge in [0.2, 0.25) is 0 Å². The Labute approximate surface area is 123 Å². The van der Waals surface area contributed by atoms with E-state index in [4.69, 9.17) is 23.2 Å². The maximum absolute atomic E-state index is 12.7. The zero-order chi connectivity index (χ0) is 16.1. The van der Waals surface area contributed by atoms with Crippen molar-refractivity contribution in [2.24, 2.45) is 0 Å². The summed E-state index contributed by atoms with van der Waals surface area (Å²) in [5.74, 6) is 0. The topological polar surface area (TPSA) is 41.9 Å². The average Bonchev–Trinajstić information content (AvgIpc) is 2.81. The lowest BCUT2D eigenvalue weighted by atomic mass is 10.1. The van der Waals surface area contributed by atoms with E-state index < -0.39 is 40.3 Å². The molecule has 0 saturated heterocycles. The van der Waals surface area contributed by atoms with Crippen LogP contribution in [0.5, 0.6) is 0 Å². The van der Waals surface area contributed by atoms with Gasteiger partial charge in [-0.25, -0.2) is 10.1 Å². The summed E-state index contributed by atoms with van der Waals surface area (Å²) in [7, 11) is 0. The summed E-state index contributed by atoms with van der Waals surface area (Å²) in [6, 6.07) is 0.420. The van der Waals surface area contributed by atoms with E-state index in [2.05, 4.69) is 16.0 Å². The van der Waals surface area contributed by atoms with Gasteiger partial charge in [-0.15, -0.1) is 0 Å². The van der Waals surface area contributed by atoms with Crippen molar-refractivity contribution in [3.8, 4) is 0 Å². The van der Waals surface area contributed by atoms with E-state index in [0.29, 0.717) is 10.7 Å². The molecule has 0 aromatic carbocycles. The van der Waals surface area contributed by atoms with Crippen LogP contribution in [0.1, 0.15) is 12.1 Å². The van der Waals surface area contributed by atoms with Crippen molar-refractivity contribution in [2.45, 2.75) is 24.4 Å². The quantitative estimate of drug-likeness (QED) is 0.800. The van der Waals surface area contributed by atoms with Gasteiger partial charge in [0.1, 0.15) is 5.15 Å². The first-order valence-electron chi connectivity index (χ1n) is 5.24. The molecule has 0 saturated carbocycles. The van der Waals surface area contributed by atoms with Crippen molar-refractivity contribution in [3.63, 3.8) is 0 Å². The molecule has 1 unspecified atom stereocenters. The molecule has 2 rings (SSSR count). The van der Waals surface area contributed by atoms with Crippen LogP contribution in [-0.2, 0) is 11.8 Å². The second-order valence-electron chi connectivity index (χ2n) is 4.18. The van der Waals surface area contributed by atoms with Crippen molar-refractivity contribution < 1.29 is 26.3 Å². The minimum absolute atomic E-state index is 0.351. The highest BCUT2D eigenvalue weighted by molar-refractivity contribution is 6.31.